The van der Waals surface area contributed by atoms with Crippen LogP contribution in [0.5, 0.6) is 0 Å². The van der Waals surface area contributed by atoms with Crippen LogP contribution in [-0.4, -0.2) is 205 Å². The summed E-state index contributed by atoms with van der Waals surface area (Å²) in [5, 5.41) is 21.4. The van der Waals surface area contributed by atoms with E-state index in [0.717, 1.165) is 114 Å². The number of benzene rings is 2. The largest absolute Gasteiger partial charge is 0.379 e. The summed E-state index contributed by atoms with van der Waals surface area (Å²) in [6, 6.07) is 8.18. The fourth-order valence-electron chi connectivity index (χ4n) is 14.2. The second-order valence-corrected chi connectivity index (χ2v) is 27.7. The Labute approximate surface area is 529 Å². The summed E-state index contributed by atoms with van der Waals surface area (Å²) in [6.07, 6.45) is 13.1. The van der Waals surface area contributed by atoms with Gasteiger partial charge in [0.25, 0.3) is 5.91 Å². The number of nitrogens with zero attached hydrogens (tertiary/aromatic N) is 3. The lowest BCUT2D eigenvalue weighted by Crippen LogP contribution is -2.58. The third-order valence-electron chi connectivity index (χ3n) is 19.0. The Morgan fingerprint density at radius 2 is 1.40 bits per heavy atom. The maximum absolute atomic E-state index is 14.7. The zero-order valence-electron chi connectivity index (χ0n) is 52.0. The van der Waals surface area contributed by atoms with Gasteiger partial charge < -0.3 is 66.0 Å². The number of nitrogens with one attached hydrogen (secondary N) is 7. The van der Waals surface area contributed by atoms with Gasteiger partial charge in [-0.25, -0.2) is 8.42 Å². The number of hydrogen-bond donors (Lipinski definition) is 7. The Hall–Kier alpha value is -5.31. The molecule has 2 bridgehead atoms. The number of aryl methyl sites for hydroxylation is 1. The average Bonchev–Trinajstić information content (AvgIpc) is 2.00. The van der Waals surface area contributed by atoms with Gasteiger partial charge in [0.15, 0.2) is 0 Å². The van der Waals surface area contributed by atoms with E-state index < -0.39 is 34.2 Å². The van der Waals surface area contributed by atoms with Gasteiger partial charge in [-0.05, 0) is 158 Å². The Morgan fingerprint density at radius 3 is 2.09 bits per heavy atom. The minimum Gasteiger partial charge on any atom is -0.379 e. The van der Waals surface area contributed by atoms with Crippen molar-refractivity contribution in [2.45, 2.75) is 177 Å². The molecule has 89 heavy (non-hydrogen) atoms. The van der Waals surface area contributed by atoms with E-state index in [1.54, 1.807) is 35.3 Å². The molecule has 0 spiro atoms. The van der Waals surface area contributed by atoms with Crippen molar-refractivity contribution in [1.29, 1.82) is 0 Å². The molecule has 7 aliphatic rings. The van der Waals surface area contributed by atoms with Gasteiger partial charge in [-0.2, -0.15) is 4.31 Å². The summed E-state index contributed by atoms with van der Waals surface area (Å²) in [6.45, 7) is 7.26. The Bertz CT molecular complexity index is 2860. The van der Waals surface area contributed by atoms with Crippen LogP contribution in [0.4, 0.5) is 5.69 Å². The number of likely N-dealkylation sites (N-methyl/N-ethyl adjacent to an activating group) is 1. The molecule has 2 aromatic rings. The zero-order chi connectivity index (χ0) is 62.9. The monoisotopic (exact) mass is 1280 g/mol. The Morgan fingerprint density at radius 1 is 0.742 bits per heavy atom. The highest BCUT2D eigenvalue weighted by molar-refractivity contribution is 7.89. The van der Waals surface area contributed by atoms with Gasteiger partial charge in [-0.1, -0.05) is 55.1 Å². The second kappa shape index (κ2) is 33.3. The normalized spacial score (nSPS) is 23.9. The molecule has 2 aliphatic carbocycles. The molecule has 2 unspecified atom stereocenters. The van der Waals surface area contributed by atoms with Gasteiger partial charge in [0.05, 0.1) is 87.7 Å². The summed E-state index contributed by atoms with van der Waals surface area (Å²) in [5.41, 5.74) is 3.98. The topological polar surface area (TPSA) is 284 Å². The molecule has 7 N–H and O–H groups in total. The van der Waals surface area contributed by atoms with Crippen LogP contribution in [0.3, 0.4) is 0 Å². The van der Waals surface area contributed by atoms with Crippen molar-refractivity contribution in [3.8, 4) is 0 Å². The third-order valence-corrected chi connectivity index (χ3v) is 21.5. The van der Waals surface area contributed by atoms with Crippen molar-refractivity contribution in [1.82, 2.24) is 46.0 Å². The zero-order valence-corrected chi connectivity index (χ0v) is 53.6. The van der Waals surface area contributed by atoms with Crippen LogP contribution in [0.1, 0.15) is 149 Å². The summed E-state index contributed by atoms with van der Waals surface area (Å²) in [5.74, 6) is -1.45. The van der Waals surface area contributed by atoms with Gasteiger partial charge in [-0.3, -0.25) is 33.6 Å². The number of rotatable bonds is 32. The molecule has 9 rings (SSSR count). The smallest absolute Gasteiger partial charge is 0.253 e. The molecule has 23 nitrogen and oxygen atoms in total. The number of carbonyl (C=O) groups excluding carboxylic acids is 7. The first-order chi connectivity index (χ1) is 43.0. The minimum atomic E-state index is -3.49. The number of amides is 7. The molecule has 8 atom stereocenters. The molecule has 492 valence electrons. The molecule has 1 saturated carbocycles. The predicted molar refractivity (Wildman–Crippen MR) is 335 cm³/mol. The van der Waals surface area contributed by atoms with Crippen molar-refractivity contribution in [2.24, 2.45) is 11.8 Å². The van der Waals surface area contributed by atoms with Gasteiger partial charge >= 0.3 is 0 Å². The molecule has 0 radical (unpaired) electrons. The number of halogens is 1. The van der Waals surface area contributed by atoms with Gasteiger partial charge in [0, 0.05) is 55.8 Å². The van der Waals surface area contributed by atoms with Crippen molar-refractivity contribution in [3.63, 3.8) is 0 Å². The quantitative estimate of drug-likeness (QED) is 0.0512. The maximum atomic E-state index is 14.7. The molecule has 25 heteroatoms. The van der Waals surface area contributed by atoms with E-state index in [4.69, 9.17) is 30.5 Å². The molecule has 5 heterocycles. The molecule has 5 aliphatic heterocycles. The summed E-state index contributed by atoms with van der Waals surface area (Å²) >= 11 is 6.42. The van der Waals surface area contributed by atoms with Crippen LogP contribution in [0, 0.1) is 11.8 Å². The van der Waals surface area contributed by atoms with Crippen molar-refractivity contribution < 1.29 is 60.9 Å². The molecular weight excluding hydrogens is 1180 g/mol. The first-order valence-electron chi connectivity index (χ1n) is 32.7. The number of anilines is 1. The number of hydrogen-bond acceptors (Lipinski definition) is 15. The van der Waals surface area contributed by atoms with E-state index >= 15 is 0 Å². The van der Waals surface area contributed by atoms with Crippen LogP contribution in [0.25, 0.3) is 0 Å². The second-order valence-electron chi connectivity index (χ2n) is 25.3. The van der Waals surface area contributed by atoms with E-state index in [9.17, 15) is 42.0 Å². The first-order valence-corrected chi connectivity index (χ1v) is 34.7. The molecular formula is C64H95ClN10O13S. The SMILES string of the molecule is CN[C@@H](C)C(=O)N[C@H](C(=O)N1C[C@@H](NC(=O)CCOCCOCCOCCOCCC(=O)NCCCN2CCC(CS(=O)(=O)N3[C@@H]4CC[C@H]3CC(NC(=O)c3cc5c(cc3Cl)NC(=O)C5)C4)CC2)C[C@H]1C(=O)NC1CCCc2ccccc21)C1CCCCC1. The number of fused-ring (bicyclic) bond motifs is 4. The van der Waals surface area contributed by atoms with E-state index in [1.165, 1.54) is 5.56 Å². The number of ether oxygens (including phenoxy) is 4. The first kappa shape index (κ1) is 68.1. The fraction of sp³-hybridized carbons (Fsp3) is 0.703. The van der Waals surface area contributed by atoms with Crippen molar-refractivity contribution >= 4 is 68.7 Å². The highest BCUT2D eigenvalue weighted by atomic mass is 35.5. The lowest BCUT2D eigenvalue weighted by atomic mass is 9.83. The van der Waals surface area contributed by atoms with Gasteiger partial charge in [0.2, 0.25) is 45.5 Å². The van der Waals surface area contributed by atoms with E-state index in [0.29, 0.717) is 63.7 Å². The van der Waals surface area contributed by atoms with Gasteiger partial charge in [-0.15, -0.1) is 0 Å². The molecule has 7 amide bonds. The number of carbonyl (C=O) groups is 7. The Balaban J connectivity index is 0.576. The van der Waals surface area contributed by atoms with Crippen LogP contribution >= 0.6 is 11.6 Å². The highest BCUT2D eigenvalue weighted by Gasteiger charge is 2.48. The van der Waals surface area contributed by atoms with Gasteiger partial charge in [0.1, 0.15) is 12.1 Å². The summed E-state index contributed by atoms with van der Waals surface area (Å²) < 4.78 is 52.0. The molecule has 5 fully saturated rings. The molecule has 4 saturated heterocycles. The summed E-state index contributed by atoms with van der Waals surface area (Å²) in [4.78, 5) is 96.9. The molecule has 0 aromatic heterocycles. The molecule has 2 aromatic carbocycles. The maximum Gasteiger partial charge on any atom is 0.253 e. The number of sulfonamides is 1. The number of likely N-dealkylation sites (tertiary alicyclic amines) is 2. The van der Waals surface area contributed by atoms with Crippen molar-refractivity contribution in [3.05, 3.63) is 63.7 Å². The van der Waals surface area contributed by atoms with Crippen LogP contribution in [-0.2, 0) is 70.6 Å². The minimum absolute atomic E-state index is 0.0536. The van der Waals surface area contributed by atoms with E-state index in [-0.39, 0.29) is 140 Å². The Kier molecular flexibility index (Phi) is 25.5. The van der Waals surface area contributed by atoms with Crippen LogP contribution < -0.4 is 37.2 Å². The predicted octanol–water partition coefficient (Wildman–Crippen LogP) is 3.91. The van der Waals surface area contributed by atoms with Crippen LogP contribution in [0.15, 0.2) is 36.4 Å². The lowest BCUT2D eigenvalue weighted by Gasteiger charge is -2.39. The van der Waals surface area contributed by atoms with Crippen molar-refractivity contribution in [2.75, 3.05) is 104 Å². The average molecular weight is 1280 g/mol. The summed E-state index contributed by atoms with van der Waals surface area (Å²) in [7, 11) is -1.79. The fourth-order valence-corrected chi connectivity index (χ4v) is 16.8. The standard InChI is InChI=1S/C64H95ClN10O13S/c1-42(66-2)61(79)72-60(45-11-4-3-5-12-45)64(82)74-40-48(38-56(74)63(81)71-54-15-8-13-44-10-6-7-14-51(44)54)68-58(77)21-27-86-29-31-88-33-32-87-30-28-85-26-20-57(76)67-22-9-23-73-24-18-43(19-25-73)41-89(83,84)75-49-16-17-50(75)37-47(36-49)69-62(80)52-34-46-35-59(78)70-55(46)39-53(52)65/h6-7,10,14,34,39,42-43,45,47-50,54,56,60,66H,3-5,8-9,11-13,15-33,35-38,40-41H2,1-2H3,(H,67,76)(H,68,77)(H,69,80)(H,70,78)(H,71,81)(H,72,79)/t42-,47?,48-,49-,50+,54?,56-,60-/m0/s1. The van der Waals surface area contributed by atoms with Crippen LogP contribution in [0.2, 0.25) is 5.02 Å². The third kappa shape index (κ3) is 19.1. The van der Waals surface area contributed by atoms with E-state index in [1.807, 2.05) is 18.2 Å². The highest BCUT2D eigenvalue weighted by Crippen LogP contribution is 2.40. The van der Waals surface area contributed by atoms with E-state index in [2.05, 4.69) is 48.2 Å². The lowest BCUT2D eigenvalue weighted by molar-refractivity contribution is -0.143. The number of piperidine rings is 2.